The predicted molar refractivity (Wildman–Crippen MR) is 76.8 cm³/mol. The Balaban J connectivity index is 1.53. The van der Waals surface area contributed by atoms with Crippen LogP contribution in [0, 0.1) is 0 Å². The number of urea groups is 2. The highest BCUT2D eigenvalue weighted by molar-refractivity contribution is 7.09. The number of rotatable bonds is 3. The first kappa shape index (κ1) is 13.9. The van der Waals surface area contributed by atoms with Gasteiger partial charge in [-0.25, -0.2) is 9.59 Å². The Hall–Kier alpha value is -2.09. The summed E-state index contributed by atoms with van der Waals surface area (Å²) < 4.78 is 0. The molecule has 5 amide bonds. The van der Waals surface area contributed by atoms with Gasteiger partial charge in [-0.2, -0.15) is 0 Å². The molecule has 21 heavy (non-hydrogen) atoms. The maximum atomic E-state index is 12.1. The van der Waals surface area contributed by atoms with Gasteiger partial charge in [-0.05, 0) is 17.9 Å². The van der Waals surface area contributed by atoms with E-state index in [-0.39, 0.29) is 30.6 Å². The second-order valence-electron chi connectivity index (χ2n) is 5.05. The number of hydrogen-bond donors (Lipinski definition) is 2. The molecule has 8 heteroatoms. The molecule has 2 saturated heterocycles. The molecule has 2 fully saturated rings. The molecule has 7 nitrogen and oxygen atoms in total. The highest BCUT2D eigenvalue weighted by Gasteiger charge is 2.39. The van der Waals surface area contributed by atoms with Crippen LogP contribution in [0.25, 0.3) is 0 Å². The van der Waals surface area contributed by atoms with Crippen LogP contribution in [0.15, 0.2) is 17.5 Å². The number of carbonyl (C=O) groups excluding carboxylic acids is 3. The van der Waals surface area contributed by atoms with Crippen LogP contribution in [0.3, 0.4) is 0 Å². The summed E-state index contributed by atoms with van der Waals surface area (Å²) in [5.74, 6) is -0.217. The van der Waals surface area contributed by atoms with E-state index in [2.05, 4.69) is 10.6 Å². The smallest absolute Gasteiger partial charge is 0.324 e. The molecular formula is C13H16N4O3S. The minimum atomic E-state index is -0.356. The van der Waals surface area contributed by atoms with Gasteiger partial charge in [0.25, 0.3) is 0 Å². The van der Waals surface area contributed by atoms with Crippen LogP contribution in [-0.2, 0) is 11.3 Å². The van der Waals surface area contributed by atoms with E-state index in [0.29, 0.717) is 26.1 Å². The molecule has 1 aromatic heterocycles. The lowest BCUT2D eigenvalue weighted by molar-refractivity contribution is -0.126. The van der Waals surface area contributed by atoms with Gasteiger partial charge in [-0.3, -0.25) is 9.69 Å². The highest BCUT2D eigenvalue weighted by atomic mass is 32.1. The fourth-order valence-electron chi connectivity index (χ4n) is 2.63. The maximum absolute atomic E-state index is 12.1. The Morgan fingerprint density at radius 2 is 2.33 bits per heavy atom. The summed E-state index contributed by atoms with van der Waals surface area (Å²) >= 11 is 1.59. The highest BCUT2D eigenvalue weighted by Crippen LogP contribution is 2.18. The third-order valence-corrected chi connectivity index (χ3v) is 4.56. The first-order valence-corrected chi connectivity index (χ1v) is 7.68. The lowest BCUT2D eigenvalue weighted by Crippen LogP contribution is -2.44. The quantitative estimate of drug-likeness (QED) is 0.802. The standard InChI is InChI=1S/C13H16N4O3S/c18-11-7-15-13(20)17(11)9-3-4-16(8-9)12(19)14-6-10-2-1-5-21-10/h1-2,5,9H,3-4,6-8H2,(H,14,19)(H,15,20). The van der Waals surface area contributed by atoms with Gasteiger partial charge in [0.2, 0.25) is 5.91 Å². The van der Waals surface area contributed by atoms with Crippen molar-refractivity contribution < 1.29 is 14.4 Å². The van der Waals surface area contributed by atoms with Crippen molar-refractivity contribution in [3.05, 3.63) is 22.4 Å². The minimum absolute atomic E-state index is 0.0555. The molecule has 0 spiro atoms. The Morgan fingerprint density at radius 3 is 3.00 bits per heavy atom. The molecule has 1 aromatic rings. The molecule has 0 saturated carbocycles. The van der Waals surface area contributed by atoms with Crippen LogP contribution >= 0.6 is 11.3 Å². The molecule has 1 atom stereocenters. The molecule has 0 aliphatic carbocycles. The molecule has 112 valence electrons. The topological polar surface area (TPSA) is 81.8 Å². The Bertz CT molecular complexity index is 544. The number of thiophene rings is 1. The fourth-order valence-corrected chi connectivity index (χ4v) is 3.27. The van der Waals surface area contributed by atoms with E-state index in [1.165, 1.54) is 4.90 Å². The summed E-state index contributed by atoms with van der Waals surface area (Å²) in [6.07, 6.45) is 0.631. The van der Waals surface area contributed by atoms with Crippen LogP contribution in [0.5, 0.6) is 0 Å². The molecule has 0 radical (unpaired) electrons. The van der Waals surface area contributed by atoms with Crippen LogP contribution < -0.4 is 10.6 Å². The molecule has 0 aromatic carbocycles. The zero-order valence-corrected chi connectivity index (χ0v) is 12.2. The van der Waals surface area contributed by atoms with Crippen LogP contribution in [-0.4, -0.2) is 53.4 Å². The van der Waals surface area contributed by atoms with E-state index in [0.717, 1.165) is 4.88 Å². The molecule has 1 unspecified atom stereocenters. The van der Waals surface area contributed by atoms with E-state index < -0.39 is 0 Å². The van der Waals surface area contributed by atoms with Gasteiger partial charge in [0, 0.05) is 18.0 Å². The number of nitrogens with zero attached hydrogens (tertiary/aromatic N) is 2. The third-order valence-electron chi connectivity index (χ3n) is 3.69. The average Bonchev–Trinajstić information content (AvgIpc) is 3.18. The number of likely N-dealkylation sites (tertiary alicyclic amines) is 1. The first-order chi connectivity index (χ1) is 10.1. The summed E-state index contributed by atoms with van der Waals surface area (Å²) in [6.45, 7) is 1.51. The van der Waals surface area contributed by atoms with Gasteiger partial charge >= 0.3 is 12.1 Å². The summed E-state index contributed by atoms with van der Waals surface area (Å²) in [5.41, 5.74) is 0. The molecule has 2 N–H and O–H groups in total. The summed E-state index contributed by atoms with van der Waals surface area (Å²) in [5, 5.41) is 7.32. The predicted octanol–water partition coefficient (Wildman–Crippen LogP) is 0.584. The number of nitrogens with one attached hydrogen (secondary N) is 2. The molecule has 2 aliphatic heterocycles. The fraction of sp³-hybridized carbons (Fsp3) is 0.462. The first-order valence-electron chi connectivity index (χ1n) is 6.80. The van der Waals surface area contributed by atoms with E-state index in [9.17, 15) is 14.4 Å². The Morgan fingerprint density at radius 1 is 1.48 bits per heavy atom. The normalized spacial score (nSPS) is 21.8. The van der Waals surface area contributed by atoms with Crippen LogP contribution in [0.1, 0.15) is 11.3 Å². The van der Waals surface area contributed by atoms with Crippen molar-refractivity contribution >= 4 is 29.3 Å². The van der Waals surface area contributed by atoms with Crippen molar-refractivity contribution in [3.8, 4) is 0 Å². The van der Waals surface area contributed by atoms with E-state index in [1.807, 2.05) is 17.5 Å². The summed E-state index contributed by atoms with van der Waals surface area (Å²) in [4.78, 5) is 39.3. The molecule has 3 heterocycles. The van der Waals surface area contributed by atoms with Gasteiger partial charge in [-0.1, -0.05) is 6.07 Å². The average molecular weight is 308 g/mol. The summed E-state index contributed by atoms with van der Waals surface area (Å²) in [7, 11) is 0. The maximum Gasteiger partial charge on any atom is 0.324 e. The minimum Gasteiger partial charge on any atom is -0.333 e. The molecule has 0 bridgehead atoms. The van der Waals surface area contributed by atoms with Crippen molar-refractivity contribution in [1.82, 2.24) is 20.4 Å². The van der Waals surface area contributed by atoms with Crippen molar-refractivity contribution in [3.63, 3.8) is 0 Å². The van der Waals surface area contributed by atoms with Crippen molar-refractivity contribution in [1.29, 1.82) is 0 Å². The monoisotopic (exact) mass is 308 g/mol. The Labute approximate surface area is 125 Å². The SMILES string of the molecule is O=C(NCc1cccs1)N1CCC(N2C(=O)CNC2=O)C1. The number of amides is 5. The zero-order chi connectivity index (χ0) is 14.8. The Kier molecular flexibility index (Phi) is 3.78. The van der Waals surface area contributed by atoms with E-state index >= 15 is 0 Å². The van der Waals surface area contributed by atoms with Gasteiger partial charge in [0.05, 0.1) is 19.1 Å². The van der Waals surface area contributed by atoms with Gasteiger partial charge < -0.3 is 15.5 Å². The van der Waals surface area contributed by atoms with E-state index in [1.54, 1.807) is 16.2 Å². The van der Waals surface area contributed by atoms with Crippen molar-refractivity contribution in [2.45, 2.75) is 19.0 Å². The van der Waals surface area contributed by atoms with Crippen molar-refractivity contribution in [2.75, 3.05) is 19.6 Å². The third kappa shape index (κ3) is 2.85. The zero-order valence-electron chi connectivity index (χ0n) is 11.4. The lowest BCUT2D eigenvalue weighted by Gasteiger charge is -2.21. The van der Waals surface area contributed by atoms with Crippen LogP contribution in [0.4, 0.5) is 9.59 Å². The van der Waals surface area contributed by atoms with E-state index in [4.69, 9.17) is 0 Å². The number of hydrogen-bond acceptors (Lipinski definition) is 4. The number of carbonyl (C=O) groups is 3. The number of imide groups is 1. The second kappa shape index (κ2) is 5.72. The molecule has 3 rings (SSSR count). The van der Waals surface area contributed by atoms with Gasteiger partial charge in [0.1, 0.15) is 0 Å². The molecular weight excluding hydrogens is 292 g/mol. The molecule has 2 aliphatic rings. The van der Waals surface area contributed by atoms with Crippen LogP contribution in [0.2, 0.25) is 0 Å². The second-order valence-corrected chi connectivity index (χ2v) is 6.08. The van der Waals surface area contributed by atoms with Crippen molar-refractivity contribution in [2.24, 2.45) is 0 Å². The largest absolute Gasteiger partial charge is 0.333 e. The lowest BCUT2D eigenvalue weighted by atomic mass is 10.2. The summed E-state index contributed by atoms with van der Waals surface area (Å²) in [6, 6.07) is 3.18. The van der Waals surface area contributed by atoms with Gasteiger partial charge in [0.15, 0.2) is 0 Å². The van der Waals surface area contributed by atoms with Gasteiger partial charge in [-0.15, -0.1) is 11.3 Å².